The maximum atomic E-state index is 12.5. The van der Waals surface area contributed by atoms with E-state index in [0.29, 0.717) is 29.7 Å². The Kier molecular flexibility index (Phi) is 5.14. The van der Waals surface area contributed by atoms with E-state index in [1.807, 2.05) is 17.6 Å². The summed E-state index contributed by atoms with van der Waals surface area (Å²) < 4.78 is 8.02. The fourth-order valence-corrected chi connectivity index (χ4v) is 4.01. The Balaban J connectivity index is 1.48. The molecule has 1 unspecified atom stereocenters. The molecule has 2 aliphatic rings. The topological polar surface area (TPSA) is 69.0 Å². The third-order valence-electron chi connectivity index (χ3n) is 5.39. The van der Waals surface area contributed by atoms with Crippen molar-refractivity contribution in [1.82, 2.24) is 14.5 Å². The van der Waals surface area contributed by atoms with Gasteiger partial charge >= 0.3 is 0 Å². The van der Waals surface area contributed by atoms with Crippen molar-refractivity contribution in [3.63, 3.8) is 0 Å². The van der Waals surface area contributed by atoms with E-state index in [1.54, 1.807) is 6.07 Å². The first-order valence-corrected chi connectivity index (χ1v) is 9.98. The molecule has 6 nitrogen and oxygen atoms in total. The maximum absolute atomic E-state index is 12.5. The summed E-state index contributed by atoms with van der Waals surface area (Å²) in [6, 6.07) is 3.90. The highest BCUT2D eigenvalue weighted by atomic mass is 35.5. The number of nitrogens with zero attached hydrogens (tertiary/aromatic N) is 3. The molecule has 0 aromatic carbocycles. The van der Waals surface area contributed by atoms with E-state index < -0.39 is 0 Å². The second-order valence-corrected chi connectivity index (χ2v) is 7.86. The molecule has 26 heavy (non-hydrogen) atoms. The number of hydrogen-bond acceptors (Lipinski definition) is 4. The summed E-state index contributed by atoms with van der Waals surface area (Å²) in [6.45, 7) is 1.97. The van der Waals surface area contributed by atoms with Gasteiger partial charge in [-0.3, -0.25) is 14.7 Å². The molecule has 2 aromatic rings. The first-order valence-electron chi connectivity index (χ1n) is 9.60. The van der Waals surface area contributed by atoms with Crippen LogP contribution in [0.25, 0.3) is 11.2 Å². The highest BCUT2D eigenvalue weighted by Gasteiger charge is 2.27. The summed E-state index contributed by atoms with van der Waals surface area (Å²) in [5, 5.41) is 3.41. The number of hydrogen-bond donors (Lipinski definition) is 1. The standard InChI is InChI=1S/C19H25ClN4O2/c1-12(26-14-7-2-3-8-14)11-17(25)23-19-21-15-9-10-16(20)22-18(15)24(19)13-5-4-6-13/h9-10,12-14H,2-8,11H2,1H3,(H,21,23,25). The van der Waals surface area contributed by atoms with E-state index in [1.165, 1.54) is 19.3 Å². The van der Waals surface area contributed by atoms with E-state index in [4.69, 9.17) is 16.3 Å². The molecule has 140 valence electrons. The van der Waals surface area contributed by atoms with Crippen LogP contribution in [-0.4, -0.2) is 32.7 Å². The number of imidazole rings is 1. The zero-order chi connectivity index (χ0) is 18.1. The van der Waals surface area contributed by atoms with Crippen LogP contribution < -0.4 is 5.32 Å². The van der Waals surface area contributed by atoms with Gasteiger partial charge in [-0.25, -0.2) is 9.97 Å². The van der Waals surface area contributed by atoms with Gasteiger partial charge in [0.05, 0.1) is 18.6 Å². The van der Waals surface area contributed by atoms with Crippen LogP contribution >= 0.6 is 11.6 Å². The van der Waals surface area contributed by atoms with Gasteiger partial charge in [-0.1, -0.05) is 24.4 Å². The molecule has 1 N–H and O–H groups in total. The second-order valence-electron chi connectivity index (χ2n) is 7.47. The molecular weight excluding hydrogens is 352 g/mol. The van der Waals surface area contributed by atoms with E-state index in [-0.39, 0.29) is 12.0 Å². The van der Waals surface area contributed by atoms with Gasteiger partial charge in [-0.15, -0.1) is 0 Å². The zero-order valence-corrected chi connectivity index (χ0v) is 15.8. The van der Waals surface area contributed by atoms with Crippen molar-refractivity contribution in [2.75, 3.05) is 5.32 Å². The molecule has 0 spiro atoms. The Morgan fingerprint density at radius 3 is 2.73 bits per heavy atom. The first kappa shape index (κ1) is 17.7. The Bertz CT molecular complexity index is 796. The zero-order valence-electron chi connectivity index (χ0n) is 15.1. The predicted molar refractivity (Wildman–Crippen MR) is 101 cm³/mol. The Hall–Kier alpha value is -1.66. The lowest BCUT2D eigenvalue weighted by Gasteiger charge is -2.28. The molecule has 0 aliphatic heterocycles. The lowest BCUT2D eigenvalue weighted by Crippen LogP contribution is -2.26. The fourth-order valence-electron chi connectivity index (χ4n) is 3.87. The number of pyridine rings is 1. The monoisotopic (exact) mass is 376 g/mol. The number of aromatic nitrogens is 3. The molecular formula is C19H25ClN4O2. The van der Waals surface area contributed by atoms with Gasteiger partial charge in [-0.2, -0.15) is 0 Å². The van der Waals surface area contributed by atoms with Gasteiger partial charge in [-0.05, 0) is 51.2 Å². The molecule has 0 saturated heterocycles. The number of carbonyl (C=O) groups is 1. The summed E-state index contributed by atoms with van der Waals surface area (Å²) in [4.78, 5) is 21.5. The van der Waals surface area contributed by atoms with Crippen LogP contribution in [0.3, 0.4) is 0 Å². The molecule has 2 aliphatic carbocycles. The van der Waals surface area contributed by atoms with Crippen molar-refractivity contribution in [1.29, 1.82) is 0 Å². The Labute approximate surface area is 158 Å². The highest BCUT2D eigenvalue weighted by Crippen LogP contribution is 2.37. The molecule has 7 heteroatoms. The van der Waals surface area contributed by atoms with Crippen molar-refractivity contribution in [3.05, 3.63) is 17.3 Å². The molecule has 2 saturated carbocycles. The van der Waals surface area contributed by atoms with Gasteiger partial charge in [0.25, 0.3) is 0 Å². The van der Waals surface area contributed by atoms with E-state index >= 15 is 0 Å². The van der Waals surface area contributed by atoms with Crippen molar-refractivity contribution >= 4 is 34.6 Å². The van der Waals surface area contributed by atoms with Gasteiger partial charge in [0, 0.05) is 6.04 Å². The minimum Gasteiger partial charge on any atom is -0.375 e. The molecule has 1 amide bonds. The van der Waals surface area contributed by atoms with Crippen LogP contribution in [0.2, 0.25) is 5.15 Å². The molecule has 2 aromatic heterocycles. The molecule has 4 rings (SSSR count). The summed E-state index contributed by atoms with van der Waals surface area (Å²) in [7, 11) is 0. The quantitative estimate of drug-likeness (QED) is 0.754. The van der Waals surface area contributed by atoms with Crippen LogP contribution in [0.15, 0.2) is 12.1 Å². The Morgan fingerprint density at radius 1 is 1.27 bits per heavy atom. The largest absolute Gasteiger partial charge is 0.375 e. The van der Waals surface area contributed by atoms with Crippen LogP contribution in [-0.2, 0) is 9.53 Å². The number of anilines is 1. The average Bonchev–Trinajstić information content (AvgIpc) is 3.15. The van der Waals surface area contributed by atoms with Gasteiger partial charge in [0.1, 0.15) is 10.7 Å². The van der Waals surface area contributed by atoms with Crippen LogP contribution in [0, 0.1) is 0 Å². The molecule has 0 bridgehead atoms. The second kappa shape index (κ2) is 7.53. The maximum Gasteiger partial charge on any atom is 0.229 e. The number of fused-ring (bicyclic) bond motifs is 1. The van der Waals surface area contributed by atoms with Crippen molar-refractivity contribution in [3.8, 4) is 0 Å². The number of ether oxygens (including phenoxy) is 1. The number of amides is 1. The van der Waals surface area contributed by atoms with Crippen LogP contribution in [0.1, 0.15) is 64.3 Å². The normalized spacial score (nSPS) is 19.6. The minimum atomic E-state index is -0.0906. The smallest absolute Gasteiger partial charge is 0.229 e. The summed E-state index contributed by atoms with van der Waals surface area (Å²) >= 11 is 6.07. The van der Waals surface area contributed by atoms with Gasteiger partial charge in [0.15, 0.2) is 5.65 Å². The summed E-state index contributed by atoms with van der Waals surface area (Å²) in [5.74, 6) is 0.495. The van der Waals surface area contributed by atoms with E-state index in [9.17, 15) is 4.79 Å². The number of halogens is 1. The molecule has 1 atom stereocenters. The minimum absolute atomic E-state index is 0.0718. The van der Waals surface area contributed by atoms with Crippen molar-refractivity contribution in [2.45, 2.75) is 76.5 Å². The fraction of sp³-hybridized carbons (Fsp3) is 0.632. The molecule has 0 radical (unpaired) electrons. The van der Waals surface area contributed by atoms with Crippen molar-refractivity contribution in [2.24, 2.45) is 0 Å². The number of carbonyl (C=O) groups excluding carboxylic acids is 1. The van der Waals surface area contributed by atoms with Crippen LogP contribution in [0.4, 0.5) is 5.95 Å². The molecule has 2 fully saturated rings. The summed E-state index contributed by atoms with van der Waals surface area (Å²) in [6.07, 6.45) is 8.55. The first-order chi connectivity index (χ1) is 12.6. The van der Waals surface area contributed by atoms with Gasteiger partial charge < -0.3 is 4.74 Å². The number of rotatable bonds is 6. The number of nitrogens with one attached hydrogen (secondary N) is 1. The lowest BCUT2D eigenvalue weighted by molar-refractivity contribution is -0.119. The van der Waals surface area contributed by atoms with Crippen molar-refractivity contribution < 1.29 is 9.53 Å². The third kappa shape index (κ3) is 3.71. The predicted octanol–water partition coefficient (Wildman–Crippen LogP) is 4.49. The lowest BCUT2D eigenvalue weighted by atomic mass is 9.93. The third-order valence-corrected chi connectivity index (χ3v) is 5.60. The Morgan fingerprint density at radius 2 is 2.04 bits per heavy atom. The van der Waals surface area contributed by atoms with Gasteiger partial charge in [0.2, 0.25) is 11.9 Å². The van der Waals surface area contributed by atoms with E-state index in [2.05, 4.69) is 15.3 Å². The SMILES string of the molecule is CC(CC(=O)Nc1nc2ccc(Cl)nc2n1C1CCC1)OC1CCCC1. The summed E-state index contributed by atoms with van der Waals surface area (Å²) in [5.41, 5.74) is 1.50. The van der Waals surface area contributed by atoms with Crippen LogP contribution in [0.5, 0.6) is 0 Å². The highest BCUT2D eigenvalue weighted by molar-refractivity contribution is 6.29. The van der Waals surface area contributed by atoms with E-state index in [0.717, 1.165) is 36.8 Å². The average molecular weight is 377 g/mol. The molecule has 2 heterocycles.